The summed E-state index contributed by atoms with van der Waals surface area (Å²) in [6, 6.07) is 0. The highest BCUT2D eigenvalue weighted by molar-refractivity contribution is 5.06. The van der Waals surface area contributed by atoms with E-state index in [4.69, 9.17) is 11.5 Å². The zero-order chi connectivity index (χ0) is 6.91. The van der Waals surface area contributed by atoms with Gasteiger partial charge in [0, 0.05) is 11.2 Å². The lowest BCUT2D eigenvalue weighted by molar-refractivity contribution is 0.418. The SMILES string of the molecule is CC1(N)CC=C(N)CC1. The number of hydrogen-bond acceptors (Lipinski definition) is 2. The highest BCUT2D eigenvalue weighted by Crippen LogP contribution is 2.21. The van der Waals surface area contributed by atoms with E-state index in [1.807, 2.05) is 6.08 Å². The monoisotopic (exact) mass is 126 g/mol. The summed E-state index contributed by atoms with van der Waals surface area (Å²) in [6.45, 7) is 2.07. The number of rotatable bonds is 0. The largest absolute Gasteiger partial charge is 0.402 e. The maximum Gasteiger partial charge on any atom is 0.0165 e. The van der Waals surface area contributed by atoms with Crippen LogP contribution in [0.25, 0.3) is 0 Å². The van der Waals surface area contributed by atoms with Crippen LogP contribution in [0, 0.1) is 0 Å². The van der Waals surface area contributed by atoms with Gasteiger partial charge in [-0.1, -0.05) is 6.08 Å². The predicted molar refractivity (Wildman–Crippen MR) is 38.7 cm³/mol. The molecule has 0 aromatic carbocycles. The van der Waals surface area contributed by atoms with Crippen LogP contribution in [0.15, 0.2) is 11.8 Å². The van der Waals surface area contributed by atoms with Crippen molar-refractivity contribution < 1.29 is 0 Å². The minimum Gasteiger partial charge on any atom is -0.402 e. The highest BCUT2D eigenvalue weighted by atomic mass is 14.7. The van der Waals surface area contributed by atoms with Crippen LogP contribution in [0.3, 0.4) is 0 Å². The zero-order valence-electron chi connectivity index (χ0n) is 5.85. The van der Waals surface area contributed by atoms with E-state index in [0.717, 1.165) is 25.0 Å². The molecule has 1 atom stereocenters. The van der Waals surface area contributed by atoms with Gasteiger partial charge < -0.3 is 11.5 Å². The van der Waals surface area contributed by atoms with Crippen LogP contribution in [0.1, 0.15) is 26.2 Å². The van der Waals surface area contributed by atoms with E-state index in [0.29, 0.717) is 0 Å². The molecule has 0 radical (unpaired) electrons. The predicted octanol–water partition coefficient (Wildman–Crippen LogP) is 0.730. The van der Waals surface area contributed by atoms with Crippen LogP contribution in [-0.2, 0) is 0 Å². The Morgan fingerprint density at radius 2 is 2.33 bits per heavy atom. The fraction of sp³-hybridized carbons (Fsp3) is 0.714. The van der Waals surface area contributed by atoms with Crippen molar-refractivity contribution in [2.75, 3.05) is 0 Å². The van der Waals surface area contributed by atoms with Crippen LogP contribution < -0.4 is 11.5 Å². The van der Waals surface area contributed by atoms with Crippen molar-refractivity contribution in [3.05, 3.63) is 11.8 Å². The van der Waals surface area contributed by atoms with Gasteiger partial charge in [-0.25, -0.2) is 0 Å². The molecular weight excluding hydrogens is 112 g/mol. The smallest absolute Gasteiger partial charge is 0.0165 e. The Labute approximate surface area is 55.9 Å². The zero-order valence-corrected chi connectivity index (χ0v) is 5.85. The fourth-order valence-corrected chi connectivity index (χ4v) is 0.998. The summed E-state index contributed by atoms with van der Waals surface area (Å²) in [5.41, 5.74) is 12.4. The lowest BCUT2D eigenvalue weighted by Crippen LogP contribution is -2.37. The fourth-order valence-electron chi connectivity index (χ4n) is 0.998. The van der Waals surface area contributed by atoms with Crippen molar-refractivity contribution in [3.63, 3.8) is 0 Å². The first-order valence-corrected chi connectivity index (χ1v) is 3.33. The Morgan fingerprint density at radius 1 is 1.67 bits per heavy atom. The summed E-state index contributed by atoms with van der Waals surface area (Å²) >= 11 is 0. The highest BCUT2D eigenvalue weighted by Gasteiger charge is 2.20. The lowest BCUT2D eigenvalue weighted by atomic mass is 9.87. The molecule has 0 spiro atoms. The maximum atomic E-state index is 5.84. The lowest BCUT2D eigenvalue weighted by Gasteiger charge is -2.26. The molecule has 0 saturated carbocycles. The molecule has 1 rings (SSSR count). The van der Waals surface area contributed by atoms with Gasteiger partial charge in [0.25, 0.3) is 0 Å². The van der Waals surface area contributed by atoms with E-state index in [2.05, 4.69) is 6.92 Å². The number of allylic oxidation sites excluding steroid dienone is 1. The molecular formula is C7H14N2. The van der Waals surface area contributed by atoms with Gasteiger partial charge in [0.2, 0.25) is 0 Å². The summed E-state index contributed by atoms with van der Waals surface area (Å²) in [5.74, 6) is 0. The molecule has 2 nitrogen and oxygen atoms in total. The Kier molecular flexibility index (Phi) is 1.49. The van der Waals surface area contributed by atoms with Crippen LogP contribution in [0.5, 0.6) is 0 Å². The summed E-state index contributed by atoms with van der Waals surface area (Å²) in [4.78, 5) is 0. The molecule has 0 aromatic rings. The van der Waals surface area contributed by atoms with Gasteiger partial charge in [-0.15, -0.1) is 0 Å². The van der Waals surface area contributed by atoms with Crippen molar-refractivity contribution >= 4 is 0 Å². The van der Waals surface area contributed by atoms with Gasteiger partial charge in [-0.3, -0.25) is 0 Å². The number of hydrogen-bond donors (Lipinski definition) is 2. The van der Waals surface area contributed by atoms with Crippen molar-refractivity contribution in [2.45, 2.75) is 31.7 Å². The van der Waals surface area contributed by atoms with Gasteiger partial charge in [-0.2, -0.15) is 0 Å². The third-order valence-electron chi connectivity index (χ3n) is 1.82. The standard InChI is InChI=1S/C7H14N2/c1-7(9)4-2-6(8)3-5-7/h2H,3-5,8-9H2,1H3. The molecule has 1 unspecified atom stereocenters. The van der Waals surface area contributed by atoms with Crippen molar-refractivity contribution in [1.29, 1.82) is 0 Å². The summed E-state index contributed by atoms with van der Waals surface area (Å²) < 4.78 is 0. The van der Waals surface area contributed by atoms with Crippen LogP contribution in [-0.4, -0.2) is 5.54 Å². The molecule has 52 valence electrons. The second-order valence-electron chi connectivity index (χ2n) is 3.14. The van der Waals surface area contributed by atoms with Gasteiger partial charge in [0.1, 0.15) is 0 Å². The van der Waals surface area contributed by atoms with Crippen molar-refractivity contribution in [2.24, 2.45) is 11.5 Å². The van der Waals surface area contributed by atoms with E-state index in [1.165, 1.54) is 0 Å². The summed E-state index contributed by atoms with van der Waals surface area (Å²) in [7, 11) is 0. The Hall–Kier alpha value is -0.500. The molecule has 9 heavy (non-hydrogen) atoms. The average Bonchev–Trinajstić information content (AvgIpc) is 1.78. The van der Waals surface area contributed by atoms with E-state index in [1.54, 1.807) is 0 Å². The van der Waals surface area contributed by atoms with Gasteiger partial charge in [0.15, 0.2) is 0 Å². The summed E-state index contributed by atoms with van der Waals surface area (Å²) in [6.07, 6.45) is 4.95. The molecule has 0 saturated heterocycles. The number of nitrogens with two attached hydrogens (primary N) is 2. The van der Waals surface area contributed by atoms with Gasteiger partial charge in [-0.05, 0) is 26.2 Å². The Morgan fingerprint density at radius 3 is 2.67 bits per heavy atom. The van der Waals surface area contributed by atoms with Crippen molar-refractivity contribution in [3.8, 4) is 0 Å². The van der Waals surface area contributed by atoms with E-state index >= 15 is 0 Å². The van der Waals surface area contributed by atoms with Gasteiger partial charge >= 0.3 is 0 Å². The van der Waals surface area contributed by atoms with E-state index < -0.39 is 0 Å². The second kappa shape index (κ2) is 2.03. The molecule has 0 bridgehead atoms. The molecule has 1 aliphatic rings. The second-order valence-corrected chi connectivity index (χ2v) is 3.14. The third-order valence-corrected chi connectivity index (χ3v) is 1.82. The molecule has 0 heterocycles. The van der Waals surface area contributed by atoms with Crippen LogP contribution >= 0.6 is 0 Å². The quantitative estimate of drug-likeness (QED) is 0.502. The van der Waals surface area contributed by atoms with E-state index in [-0.39, 0.29) is 5.54 Å². The molecule has 4 N–H and O–H groups in total. The molecule has 1 aliphatic carbocycles. The van der Waals surface area contributed by atoms with Crippen LogP contribution in [0.2, 0.25) is 0 Å². The third kappa shape index (κ3) is 1.72. The Balaban J connectivity index is 2.56. The first-order valence-electron chi connectivity index (χ1n) is 3.33. The molecule has 0 aromatic heterocycles. The molecule has 0 aliphatic heterocycles. The minimum absolute atomic E-state index is 0.00285. The van der Waals surface area contributed by atoms with Crippen LogP contribution in [0.4, 0.5) is 0 Å². The van der Waals surface area contributed by atoms with Gasteiger partial charge in [0.05, 0.1) is 0 Å². The minimum atomic E-state index is 0.00285. The normalized spacial score (nSPS) is 36.0. The topological polar surface area (TPSA) is 52.0 Å². The first kappa shape index (κ1) is 6.62. The molecule has 0 amide bonds. The first-order chi connectivity index (χ1) is 4.10. The molecule has 2 heteroatoms. The molecule has 0 fully saturated rings. The summed E-state index contributed by atoms with van der Waals surface area (Å²) in [5, 5.41) is 0. The average molecular weight is 126 g/mol. The Bertz CT molecular complexity index is 136. The maximum absolute atomic E-state index is 5.84. The van der Waals surface area contributed by atoms with E-state index in [9.17, 15) is 0 Å². The van der Waals surface area contributed by atoms with Crippen molar-refractivity contribution in [1.82, 2.24) is 0 Å².